The van der Waals surface area contributed by atoms with Crippen LogP contribution in [0.1, 0.15) is 17.3 Å². The van der Waals surface area contributed by atoms with Crippen molar-refractivity contribution in [2.24, 2.45) is 0 Å². The number of hydrogen-bond acceptors (Lipinski definition) is 8. The number of ketones is 1. The number of piperazine rings is 1. The van der Waals surface area contributed by atoms with Crippen molar-refractivity contribution in [1.29, 1.82) is 0 Å². The van der Waals surface area contributed by atoms with Crippen molar-refractivity contribution in [3.05, 3.63) is 58.1 Å². The first-order chi connectivity index (χ1) is 15.8. The predicted octanol–water partition coefficient (Wildman–Crippen LogP) is 2.14. The molecular formula is C22H26N4O6S. The van der Waals surface area contributed by atoms with Crippen molar-refractivity contribution in [1.82, 2.24) is 4.31 Å². The van der Waals surface area contributed by atoms with Crippen molar-refractivity contribution in [2.75, 3.05) is 62.3 Å². The van der Waals surface area contributed by atoms with E-state index in [0.29, 0.717) is 50.6 Å². The number of nitro benzene ring substituents is 1. The fraction of sp³-hybridized carbons (Fsp3) is 0.409. The fourth-order valence-corrected chi connectivity index (χ4v) is 5.76. The Bertz CT molecular complexity index is 1140. The normalized spacial score (nSPS) is 17.7. The second kappa shape index (κ2) is 9.46. The molecule has 0 aromatic heterocycles. The summed E-state index contributed by atoms with van der Waals surface area (Å²) < 4.78 is 33.4. The first-order valence-electron chi connectivity index (χ1n) is 10.7. The van der Waals surface area contributed by atoms with Crippen LogP contribution in [0, 0.1) is 10.1 Å². The van der Waals surface area contributed by atoms with Gasteiger partial charge in [0, 0.05) is 62.7 Å². The third-order valence-electron chi connectivity index (χ3n) is 6.00. The molecule has 4 rings (SSSR count). The second-order valence-electron chi connectivity index (χ2n) is 8.00. The van der Waals surface area contributed by atoms with E-state index in [-0.39, 0.29) is 29.5 Å². The fourth-order valence-electron chi connectivity index (χ4n) is 4.12. The lowest BCUT2D eigenvalue weighted by Crippen LogP contribution is -2.47. The largest absolute Gasteiger partial charge is 0.379 e. The van der Waals surface area contributed by atoms with E-state index >= 15 is 0 Å². The van der Waals surface area contributed by atoms with Gasteiger partial charge in [-0.3, -0.25) is 14.9 Å². The summed E-state index contributed by atoms with van der Waals surface area (Å²) in [5.74, 6) is 0.0125. The van der Waals surface area contributed by atoms with Gasteiger partial charge < -0.3 is 14.5 Å². The van der Waals surface area contributed by atoms with Crippen LogP contribution >= 0.6 is 0 Å². The lowest BCUT2D eigenvalue weighted by molar-refractivity contribution is -0.385. The third-order valence-corrected chi connectivity index (χ3v) is 7.93. The quantitative estimate of drug-likeness (QED) is 0.356. The van der Waals surface area contributed by atoms with Gasteiger partial charge in [-0.1, -0.05) is 0 Å². The molecule has 0 N–H and O–H groups in total. The summed E-state index contributed by atoms with van der Waals surface area (Å²) in [6.07, 6.45) is 0. The van der Waals surface area contributed by atoms with Crippen LogP contribution in [0.15, 0.2) is 47.4 Å². The molecule has 2 aliphatic rings. The molecule has 0 unspecified atom stereocenters. The Kier molecular flexibility index (Phi) is 6.63. The highest BCUT2D eigenvalue weighted by molar-refractivity contribution is 7.89. The van der Waals surface area contributed by atoms with Crippen LogP contribution < -0.4 is 9.80 Å². The Labute approximate surface area is 192 Å². The third kappa shape index (κ3) is 4.85. The summed E-state index contributed by atoms with van der Waals surface area (Å²) in [6.45, 7) is 4.95. The van der Waals surface area contributed by atoms with Gasteiger partial charge in [-0.05, 0) is 37.3 Å². The van der Waals surface area contributed by atoms with E-state index < -0.39 is 14.9 Å². The Morgan fingerprint density at radius 2 is 1.55 bits per heavy atom. The molecule has 0 bridgehead atoms. The maximum atomic E-state index is 13.4. The van der Waals surface area contributed by atoms with E-state index in [1.807, 2.05) is 17.0 Å². The van der Waals surface area contributed by atoms with Crippen molar-refractivity contribution in [3.63, 3.8) is 0 Å². The van der Waals surface area contributed by atoms with E-state index in [1.165, 1.54) is 23.4 Å². The van der Waals surface area contributed by atoms with Gasteiger partial charge in [0.1, 0.15) is 4.90 Å². The highest BCUT2D eigenvalue weighted by atomic mass is 32.2. The second-order valence-corrected chi connectivity index (χ2v) is 9.91. The van der Waals surface area contributed by atoms with Crippen LogP contribution in [0.4, 0.5) is 17.1 Å². The number of hydrogen-bond donors (Lipinski definition) is 0. The molecule has 0 saturated carbocycles. The Balaban J connectivity index is 1.57. The van der Waals surface area contributed by atoms with Gasteiger partial charge >= 0.3 is 0 Å². The van der Waals surface area contributed by atoms with Crippen LogP contribution in [0.3, 0.4) is 0 Å². The maximum Gasteiger partial charge on any atom is 0.270 e. The predicted molar refractivity (Wildman–Crippen MR) is 124 cm³/mol. The lowest BCUT2D eigenvalue weighted by Gasteiger charge is -2.38. The summed E-state index contributed by atoms with van der Waals surface area (Å²) >= 11 is 0. The molecule has 0 spiro atoms. The summed E-state index contributed by atoms with van der Waals surface area (Å²) in [7, 11) is -3.91. The van der Waals surface area contributed by atoms with E-state index in [9.17, 15) is 23.3 Å². The summed E-state index contributed by atoms with van der Waals surface area (Å²) in [5, 5.41) is 11.3. The molecule has 2 aromatic rings. The number of carbonyl (C=O) groups is 1. The topological polar surface area (TPSA) is 113 Å². The zero-order valence-electron chi connectivity index (χ0n) is 18.3. The average molecular weight is 475 g/mol. The number of anilines is 2. The maximum absolute atomic E-state index is 13.4. The summed E-state index contributed by atoms with van der Waals surface area (Å²) in [6, 6.07) is 11.5. The minimum absolute atomic E-state index is 0.0125. The zero-order valence-corrected chi connectivity index (χ0v) is 19.2. The average Bonchev–Trinajstić information content (AvgIpc) is 2.84. The van der Waals surface area contributed by atoms with E-state index in [2.05, 4.69) is 4.90 Å². The van der Waals surface area contributed by atoms with Crippen LogP contribution in [0.2, 0.25) is 0 Å². The molecule has 2 fully saturated rings. The highest BCUT2D eigenvalue weighted by Gasteiger charge is 2.32. The van der Waals surface area contributed by atoms with Gasteiger partial charge in [-0.25, -0.2) is 8.42 Å². The Hall–Kier alpha value is -3.02. The molecule has 2 aromatic carbocycles. The van der Waals surface area contributed by atoms with Crippen molar-refractivity contribution >= 4 is 32.9 Å². The number of morpholine rings is 1. The lowest BCUT2D eigenvalue weighted by atomic mass is 10.1. The molecule has 0 aliphatic carbocycles. The van der Waals surface area contributed by atoms with Crippen LogP contribution in [-0.2, 0) is 14.8 Å². The number of nitrogens with zero attached hydrogens (tertiary/aromatic N) is 4. The monoisotopic (exact) mass is 474 g/mol. The molecule has 11 heteroatoms. The summed E-state index contributed by atoms with van der Waals surface area (Å²) in [4.78, 5) is 26.4. The van der Waals surface area contributed by atoms with Crippen molar-refractivity contribution in [3.8, 4) is 0 Å². The van der Waals surface area contributed by atoms with Crippen LogP contribution in [0.5, 0.6) is 0 Å². The van der Waals surface area contributed by atoms with Crippen molar-refractivity contribution in [2.45, 2.75) is 11.8 Å². The molecule has 2 heterocycles. The van der Waals surface area contributed by atoms with Crippen LogP contribution in [-0.4, -0.2) is 75.9 Å². The number of nitro groups is 1. The molecule has 0 radical (unpaired) electrons. The number of sulfonamides is 1. The van der Waals surface area contributed by atoms with Gasteiger partial charge in [0.15, 0.2) is 5.78 Å². The molecular weight excluding hydrogens is 448 g/mol. The van der Waals surface area contributed by atoms with Gasteiger partial charge in [-0.2, -0.15) is 4.31 Å². The first-order valence-corrected chi connectivity index (χ1v) is 12.2. The molecule has 2 aliphatic heterocycles. The van der Waals surface area contributed by atoms with E-state index in [4.69, 9.17) is 4.74 Å². The van der Waals surface area contributed by atoms with Crippen LogP contribution in [0.25, 0.3) is 0 Å². The molecule has 0 amide bonds. The number of carbonyl (C=O) groups excluding carboxylic acids is 1. The van der Waals surface area contributed by atoms with E-state index in [1.54, 1.807) is 12.1 Å². The van der Waals surface area contributed by atoms with Gasteiger partial charge in [0.25, 0.3) is 5.69 Å². The van der Waals surface area contributed by atoms with Gasteiger partial charge in [-0.15, -0.1) is 0 Å². The van der Waals surface area contributed by atoms with Gasteiger partial charge in [0.2, 0.25) is 10.0 Å². The molecule has 176 valence electrons. The minimum Gasteiger partial charge on any atom is -0.379 e. The smallest absolute Gasteiger partial charge is 0.270 e. The number of rotatable bonds is 6. The zero-order chi connectivity index (χ0) is 23.6. The number of non-ortho nitro benzene ring substituents is 1. The molecule has 0 atom stereocenters. The minimum atomic E-state index is -3.91. The molecule has 33 heavy (non-hydrogen) atoms. The van der Waals surface area contributed by atoms with E-state index in [0.717, 1.165) is 11.8 Å². The standard InChI is InChI=1S/C22H26N4O6S/c1-17(27)18-2-4-19(5-3-18)23-8-10-24(11-9-23)21-7-6-20(26(28)29)16-22(21)33(30,31)25-12-14-32-15-13-25/h2-7,16H,8-15H2,1H3. The Morgan fingerprint density at radius 1 is 0.939 bits per heavy atom. The van der Waals surface area contributed by atoms with Gasteiger partial charge in [0.05, 0.1) is 23.8 Å². The number of ether oxygens (including phenoxy) is 1. The number of Topliss-reactive ketones (excluding diaryl/α,β-unsaturated/α-hetero) is 1. The molecule has 10 nitrogen and oxygen atoms in total. The summed E-state index contributed by atoms with van der Waals surface area (Å²) in [5.41, 5.74) is 1.86. The SMILES string of the molecule is CC(=O)c1ccc(N2CCN(c3ccc([N+](=O)[O-])cc3S(=O)(=O)N3CCOCC3)CC2)cc1. The Morgan fingerprint density at radius 3 is 2.12 bits per heavy atom. The molecule has 2 saturated heterocycles. The number of benzene rings is 2. The highest BCUT2D eigenvalue weighted by Crippen LogP contribution is 2.33. The van der Waals surface area contributed by atoms with Crippen molar-refractivity contribution < 1.29 is 22.9 Å². The first kappa shape index (κ1) is 23.1.